The summed E-state index contributed by atoms with van der Waals surface area (Å²) in [6.07, 6.45) is 4.62. The van der Waals surface area contributed by atoms with Gasteiger partial charge in [0.15, 0.2) is 6.61 Å². The van der Waals surface area contributed by atoms with E-state index in [1.807, 2.05) is 19.1 Å². The highest BCUT2D eigenvalue weighted by atomic mass is 32.2. The fourth-order valence-electron chi connectivity index (χ4n) is 4.07. The van der Waals surface area contributed by atoms with Crippen LogP contribution in [0.1, 0.15) is 29.5 Å². The van der Waals surface area contributed by atoms with Crippen LogP contribution in [0.2, 0.25) is 0 Å². The molecule has 30 heavy (non-hydrogen) atoms. The third-order valence-corrected chi connectivity index (χ3v) is 7.85. The molecule has 1 aliphatic heterocycles. The van der Waals surface area contributed by atoms with Crippen molar-refractivity contribution in [1.29, 1.82) is 0 Å². The van der Waals surface area contributed by atoms with Crippen LogP contribution in [0.25, 0.3) is 0 Å². The van der Waals surface area contributed by atoms with Gasteiger partial charge in [0.2, 0.25) is 10.0 Å². The Morgan fingerprint density at radius 2 is 1.60 bits per heavy atom. The predicted molar refractivity (Wildman–Crippen MR) is 115 cm³/mol. The van der Waals surface area contributed by atoms with Crippen LogP contribution < -0.4 is 4.74 Å². The summed E-state index contributed by atoms with van der Waals surface area (Å²) < 4.78 is 32.8. The SMILES string of the molecule is Cc1ccc(S(=O)(=O)N2CCN(C(=O)COc3ccc4c(c3)CCCC4)CC2)cc1. The molecule has 0 saturated carbocycles. The van der Waals surface area contributed by atoms with Crippen molar-refractivity contribution in [2.75, 3.05) is 32.8 Å². The van der Waals surface area contributed by atoms with Gasteiger partial charge in [-0.05, 0) is 68.0 Å². The number of hydrogen-bond donors (Lipinski definition) is 0. The molecule has 0 unspecified atom stereocenters. The van der Waals surface area contributed by atoms with Gasteiger partial charge in [-0.1, -0.05) is 23.8 Å². The van der Waals surface area contributed by atoms with Gasteiger partial charge in [-0.25, -0.2) is 8.42 Å². The third-order valence-electron chi connectivity index (χ3n) is 5.93. The Bertz CT molecular complexity index is 1010. The lowest BCUT2D eigenvalue weighted by molar-refractivity contribution is -0.134. The van der Waals surface area contributed by atoms with Crippen LogP contribution in [-0.4, -0.2) is 56.3 Å². The number of hydrogen-bond acceptors (Lipinski definition) is 4. The van der Waals surface area contributed by atoms with E-state index in [-0.39, 0.29) is 12.5 Å². The first-order valence-electron chi connectivity index (χ1n) is 10.5. The summed E-state index contributed by atoms with van der Waals surface area (Å²) in [6, 6.07) is 12.9. The number of piperazine rings is 1. The molecule has 7 heteroatoms. The Labute approximate surface area is 178 Å². The maximum Gasteiger partial charge on any atom is 0.260 e. The first-order valence-corrected chi connectivity index (χ1v) is 12.0. The predicted octanol–water partition coefficient (Wildman–Crippen LogP) is 2.79. The Kier molecular flexibility index (Phi) is 6.11. The molecule has 0 aromatic heterocycles. The lowest BCUT2D eigenvalue weighted by Gasteiger charge is -2.34. The molecule has 0 atom stereocenters. The number of nitrogens with zero attached hydrogens (tertiary/aromatic N) is 2. The van der Waals surface area contributed by atoms with E-state index in [0.717, 1.165) is 24.2 Å². The van der Waals surface area contributed by atoms with Crippen molar-refractivity contribution in [1.82, 2.24) is 9.21 Å². The zero-order valence-corrected chi connectivity index (χ0v) is 18.2. The van der Waals surface area contributed by atoms with Crippen LogP contribution in [0, 0.1) is 6.92 Å². The van der Waals surface area contributed by atoms with Crippen molar-refractivity contribution >= 4 is 15.9 Å². The lowest BCUT2D eigenvalue weighted by atomic mass is 9.92. The second-order valence-electron chi connectivity index (χ2n) is 8.02. The molecule has 4 rings (SSSR count). The second-order valence-corrected chi connectivity index (χ2v) is 9.96. The van der Waals surface area contributed by atoms with Gasteiger partial charge in [-0.2, -0.15) is 4.31 Å². The highest BCUT2D eigenvalue weighted by Crippen LogP contribution is 2.25. The maximum atomic E-state index is 12.8. The van der Waals surface area contributed by atoms with Crippen LogP contribution in [0.5, 0.6) is 5.75 Å². The number of aryl methyl sites for hydroxylation is 3. The van der Waals surface area contributed by atoms with Crippen molar-refractivity contribution in [3.63, 3.8) is 0 Å². The summed E-state index contributed by atoms with van der Waals surface area (Å²) >= 11 is 0. The van der Waals surface area contributed by atoms with Crippen LogP contribution in [0.3, 0.4) is 0 Å². The number of fused-ring (bicyclic) bond motifs is 1. The van der Waals surface area contributed by atoms with E-state index < -0.39 is 10.0 Å². The fraction of sp³-hybridized carbons (Fsp3) is 0.435. The number of rotatable bonds is 5. The standard InChI is InChI=1S/C23H28N2O4S/c1-18-6-10-22(11-7-18)30(27,28)25-14-12-24(13-15-25)23(26)17-29-21-9-8-19-4-2-3-5-20(19)16-21/h6-11,16H,2-5,12-15,17H2,1H3. The average molecular weight is 429 g/mol. The molecule has 0 radical (unpaired) electrons. The van der Waals surface area contributed by atoms with E-state index in [1.54, 1.807) is 29.2 Å². The highest BCUT2D eigenvalue weighted by Gasteiger charge is 2.30. The number of sulfonamides is 1. The van der Waals surface area contributed by atoms with E-state index in [9.17, 15) is 13.2 Å². The van der Waals surface area contributed by atoms with E-state index >= 15 is 0 Å². The molecule has 1 heterocycles. The minimum absolute atomic E-state index is 0.0243. The van der Waals surface area contributed by atoms with E-state index in [2.05, 4.69) is 6.07 Å². The Balaban J connectivity index is 1.30. The molecule has 0 N–H and O–H groups in total. The maximum absolute atomic E-state index is 12.8. The number of carbonyl (C=O) groups is 1. The molecule has 2 aromatic rings. The molecule has 2 aromatic carbocycles. The molecule has 1 saturated heterocycles. The van der Waals surface area contributed by atoms with Gasteiger partial charge in [-0.3, -0.25) is 4.79 Å². The Morgan fingerprint density at radius 1 is 0.933 bits per heavy atom. The zero-order valence-electron chi connectivity index (χ0n) is 17.3. The number of ether oxygens (including phenoxy) is 1. The molecule has 2 aliphatic rings. The minimum atomic E-state index is -3.53. The first kappa shape index (κ1) is 20.9. The van der Waals surface area contributed by atoms with Crippen LogP contribution >= 0.6 is 0 Å². The molecule has 1 amide bonds. The largest absolute Gasteiger partial charge is 0.484 e. The van der Waals surface area contributed by atoms with Crippen molar-refractivity contribution in [2.45, 2.75) is 37.5 Å². The van der Waals surface area contributed by atoms with Crippen molar-refractivity contribution in [2.24, 2.45) is 0 Å². The Morgan fingerprint density at radius 3 is 2.30 bits per heavy atom. The molecular weight excluding hydrogens is 400 g/mol. The van der Waals surface area contributed by atoms with Gasteiger partial charge in [0.05, 0.1) is 4.90 Å². The molecule has 1 aliphatic carbocycles. The minimum Gasteiger partial charge on any atom is -0.484 e. The summed E-state index contributed by atoms with van der Waals surface area (Å²) in [5.74, 6) is 0.615. The second kappa shape index (κ2) is 8.78. The topological polar surface area (TPSA) is 66.9 Å². The van der Waals surface area contributed by atoms with Crippen molar-refractivity contribution < 1.29 is 17.9 Å². The van der Waals surface area contributed by atoms with E-state index in [1.165, 1.54) is 28.3 Å². The summed E-state index contributed by atoms with van der Waals surface area (Å²) in [5, 5.41) is 0. The smallest absolute Gasteiger partial charge is 0.260 e. The van der Waals surface area contributed by atoms with Gasteiger partial charge in [0, 0.05) is 26.2 Å². The van der Waals surface area contributed by atoms with Crippen molar-refractivity contribution in [3.8, 4) is 5.75 Å². The molecular formula is C23H28N2O4S. The number of benzene rings is 2. The monoisotopic (exact) mass is 428 g/mol. The summed E-state index contributed by atoms with van der Waals surface area (Å²) in [6.45, 7) is 3.23. The van der Waals surface area contributed by atoms with E-state index in [0.29, 0.717) is 31.1 Å². The van der Waals surface area contributed by atoms with Crippen LogP contribution in [0.4, 0.5) is 0 Å². The summed E-state index contributed by atoms with van der Waals surface area (Å²) in [5.41, 5.74) is 3.72. The fourth-order valence-corrected chi connectivity index (χ4v) is 5.50. The third kappa shape index (κ3) is 4.52. The first-order chi connectivity index (χ1) is 14.4. The van der Waals surface area contributed by atoms with Crippen LogP contribution in [0.15, 0.2) is 47.4 Å². The molecule has 0 spiro atoms. The molecule has 1 fully saturated rings. The normalized spacial score (nSPS) is 17.4. The molecule has 0 bridgehead atoms. The molecule has 6 nitrogen and oxygen atoms in total. The van der Waals surface area contributed by atoms with Gasteiger partial charge in [0.25, 0.3) is 5.91 Å². The quantitative estimate of drug-likeness (QED) is 0.735. The lowest BCUT2D eigenvalue weighted by Crippen LogP contribution is -2.51. The highest BCUT2D eigenvalue weighted by molar-refractivity contribution is 7.89. The van der Waals surface area contributed by atoms with E-state index in [4.69, 9.17) is 4.74 Å². The number of amides is 1. The molecule has 160 valence electrons. The van der Waals surface area contributed by atoms with Gasteiger partial charge in [-0.15, -0.1) is 0 Å². The van der Waals surface area contributed by atoms with Crippen LogP contribution in [-0.2, 0) is 27.7 Å². The van der Waals surface area contributed by atoms with Gasteiger partial charge in [0.1, 0.15) is 5.75 Å². The number of carbonyl (C=O) groups excluding carboxylic acids is 1. The van der Waals surface area contributed by atoms with Gasteiger partial charge < -0.3 is 9.64 Å². The summed E-state index contributed by atoms with van der Waals surface area (Å²) in [7, 11) is -3.53. The summed E-state index contributed by atoms with van der Waals surface area (Å²) in [4.78, 5) is 14.5. The van der Waals surface area contributed by atoms with Crippen molar-refractivity contribution in [3.05, 3.63) is 59.2 Å². The Hall–Kier alpha value is -2.38. The van der Waals surface area contributed by atoms with Gasteiger partial charge >= 0.3 is 0 Å². The zero-order chi connectivity index (χ0) is 21.1. The average Bonchev–Trinajstić information content (AvgIpc) is 2.77.